The van der Waals surface area contributed by atoms with E-state index in [0.717, 1.165) is 5.56 Å². The number of anilines is 1. The van der Waals surface area contributed by atoms with Crippen LogP contribution in [0.3, 0.4) is 0 Å². The molecule has 13 heteroatoms. The van der Waals surface area contributed by atoms with Gasteiger partial charge in [0.25, 0.3) is 15.9 Å². The van der Waals surface area contributed by atoms with Crippen LogP contribution in [-0.2, 0) is 20.0 Å². The largest absolute Gasteiger partial charge is 0.493 e. The summed E-state index contributed by atoms with van der Waals surface area (Å²) in [7, 11) is -0.495. The summed E-state index contributed by atoms with van der Waals surface area (Å²) in [5.41, 5.74) is 0.847. The lowest BCUT2D eigenvalue weighted by molar-refractivity contribution is 0.224. The van der Waals surface area contributed by atoms with E-state index in [4.69, 9.17) is 18.7 Å². The lowest BCUT2D eigenvalue weighted by Gasteiger charge is -2.20. The minimum atomic E-state index is -4.12. The summed E-state index contributed by atoms with van der Waals surface area (Å²) in [4.78, 5) is 17.3. The molecule has 11 nitrogen and oxygen atoms in total. The van der Waals surface area contributed by atoms with Crippen LogP contribution in [0.4, 0.5) is 5.82 Å². The van der Waals surface area contributed by atoms with Crippen molar-refractivity contribution >= 4 is 25.3 Å². The smallest absolute Gasteiger partial charge is 0.263 e. The maximum Gasteiger partial charge on any atom is 0.263 e. The minimum absolute atomic E-state index is 0.0237. The predicted octanol–water partition coefficient (Wildman–Crippen LogP) is 5.02. The van der Waals surface area contributed by atoms with Crippen LogP contribution in [0.1, 0.15) is 26.3 Å². The topological polar surface area (TPSA) is 135 Å². The van der Waals surface area contributed by atoms with Crippen molar-refractivity contribution in [3.63, 3.8) is 0 Å². The molecule has 2 aromatic carbocycles. The maximum absolute atomic E-state index is 13.6. The SMILES string of the molecule is COc1ccccc1Oc1c(NS(=O)(=O)c2ccc(C(C)(C)C)cc2)nc(-c2ncccn2)nc1OCCOP. The van der Waals surface area contributed by atoms with Crippen molar-refractivity contribution in [1.29, 1.82) is 0 Å². The fourth-order valence-corrected chi connectivity index (χ4v) is 4.62. The maximum atomic E-state index is 13.6. The number of ether oxygens (including phenoxy) is 3. The molecule has 1 atom stereocenters. The fourth-order valence-electron chi connectivity index (χ4n) is 3.52. The number of hydrogen-bond donors (Lipinski definition) is 1. The van der Waals surface area contributed by atoms with Gasteiger partial charge in [0, 0.05) is 21.9 Å². The molecule has 1 N–H and O–H groups in total. The number of hydrogen-bond acceptors (Lipinski definition) is 10. The highest BCUT2D eigenvalue weighted by molar-refractivity contribution is 7.92. The Hall–Kier alpha value is -3.86. The third-order valence-electron chi connectivity index (χ3n) is 5.58. The van der Waals surface area contributed by atoms with Gasteiger partial charge in [-0.25, -0.2) is 23.4 Å². The molecule has 4 aromatic rings. The Morgan fingerprint density at radius 1 is 0.875 bits per heavy atom. The van der Waals surface area contributed by atoms with Crippen LogP contribution < -0.4 is 18.9 Å². The van der Waals surface area contributed by atoms with E-state index in [-0.39, 0.29) is 52.6 Å². The molecule has 2 aromatic heterocycles. The van der Waals surface area contributed by atoms with Crippen molar-refractivity contribution < 1.29 is 27.2 Å². The van der Waals surface area contributed by atoms with Crippen molar-refractivity contribution in [3.05, 3.63) is 72.6 Å². The summed E-state index contributed by atoms with van der Waals surface area (Å²) in [5.74, 6) is 0.575. The van der Waals surface area contributed by atoms with Crippen molar-refractivity contribution in [3.8, 4) is 34.8 Å². The van der Waals surface area contributed by atoms with Crippen molar-refractivity contribution in [2.75, 3.05) is 25.0 Å². The highest BCUT2D eigenvalue weighted by Crippen LogP contribution is 2.41. The summed E-state index contributed by atoms with van der Waals surface area (Å²) in [6.07, 6.45) is 3.04. The summed E-state index contributed by atoms with van der Waals surface area (Å²) in [6.45, 7) is 6.44. The van der Waals surface area contributed by atoms with Crippen LogP contribution in [0.5, 0.6) is 23.1 Å². The molecule has 0 spiro atoms. The number of sulfonamides is 1. The first kappa shape index (κ1) is 29.1. The zero-order chi connectivity index (χ0) is 28.8. The third-order valence-corrected chi connectivity index (χ3v) is 7.17. The van der Waals surface area contributed by atoms with Crippen LogP contribution in [0.25, 0.3) is 11.6 Å². The highest BCUT2D eigenvalue weighted by Gasteiger charge is 2.26. The number of benzene rings is 2. The van der Waals surface area contributed by atoms with Crippen LogP contribution in [0.15, 0.2) is 71.9 Å². The van der Waals surface area contributed by atoms with E-state index in [9.17, 15) is 8.42 Å². The monoisotopic (exact) mass is 583 g/mol. The number of para-hydroxylation sites is 2. The normalized spacial score (nSPS) is 11.6. The lowest BCUT2D eigenvalue weighted by atomic mass is 9.87. The molecule has 0 aliphatic carbocycles. The quantitative estimate of drug-likeness (QED) is 0.189. The zero-order valence-electron chi connectivity index (χ0n) is 22.5. The molecule has 0 amide bonds. The van der Waals surface area contributed by atoms with E-state index >= 15 is 0 Å². The van der Waals surface area contributed by atoms with Crippen LogP contribution in [0.2, 0.25) is 0 Å². The van der Waals surface area contributed by atoms with E-state index in [0.29, 0.717) is 11.5 Å². The number of methoxy groups -OCH3 is 1. The minimum Gasteiger partial charge on any atom is -0.493 e. The van der Waals surface area contributed by atoms with Crippen molar-refractivity contribution in [2.24, 2.45) is 0 Å². The van der Waals surface area contributed by atoms with Gasteiger partial charge in [-0.05, 0) is 41.3 Å². The van der Waals surface area contributed by atoms with Gasteiger partial charge in [0.1, 0.15) is 6.61 Å². The van der Waals surface area contributed by atoms with E-state index in [1.807, 2.05) is 20.8 Å². The number of aromatic nitrogens is 4. The molecular weight excluding hydrogens is 553 g/mol. The van der Waals surface area contributed by atoms with Crippen LogP contribution in [-0.4, -0.2) is 48.7 Å². The van der Waals surface area contributed by atoms with E-state index < -0.39 is 10.0 Å². The van der Waals surface area contributed by atoms with Crippen molar-refractivity contribution in [1.82, 2.24) is 19.9 Å². The van der Waals surface area contributed by atoms with E-state index in [1.165, 1.54) is 19.5 Å². The molecule has 0 fully saturated rings. The Morgan fingerprint density at radius 2 is 1.55 bits per heavy atom. The first-order valence-corrected chi connectivity index (χ1v) is 14.2. The molecule has 0 aliphatic heterocycles. The van der Waals surface area contributed by atoms with Gasteiger partial charge in [-0.2, -0.15) is 4.98 Å². The van der Waals surface area contributed by atoms with Gasteiger partial charge in [-0.1, -0.05) is 45.0 Å². The predicted molar refractivity (Wildman–Crippen MR) is 153 cm³/mol. The van der Waals surface area contributed by atoms with Gasteiger partial charge < -0.3 is 18.7 Å². The molecule has 40 heavy (non-hydrogen) atoms. The average Bonchev–Trinajstić information content (AvgIpc) is 2.94. The Balaban J connectivity index is 1.85. The van der Waals surface area contributed by atoms with Gasteiger partial charge >= 0.3 is 0 Å². The van der Waals surface area contributed by atoms with E-state index in [2.05, 4.69) is 34.1 Å². The fraction of sp³-hybridized carbons (Fsp3) is 0.259. The molecule has 0 bridgehead atoms. The van der Waals surface area contributed by atoms with Gasteiger partial charge in [0.15, 0.2) is 23.1 Å². The standard InChI is InChI=1S/C27H30N5O6PS/c1-27(2,3)18-10-12-19(13-11-18)40(33,34)32-23-22(38-21-9-6-5-8-20(21)35-4)26(36-16-17-37-39)31-25(30-23)24-28-14-7-15-29-24/h5-15H,16-17,39H2,1-4H3,(H,30,31,32). The Morgan fingerprint density at radius 3 is 2.17 bits per heavy atom. The second-order valence-electron chi connectivity index (χ2n) is 9.45. The zero-order valence-corrected chi connectivity index (χ0v) is 24.5. The summed E-state index contributed by atoms with van der Waals surface area (Å²) >= 11 is 0. The summed E-state index contributed by atoms with van der Waals surface area (Å²) < 4.78 is 52.1. The lowest BCUT2D eigenvalue weighted by Crippen LogP contribution is -2.17. The molecule has 0 saturated carbocycles. The Labute approximate surface area is 235 Å². The Bertz CT molecular complexity index is 1550. The second-order valence-corrected chi connectivity index (χ2v) is 11.5. The molecule has 0 saturated heterocycles. The average molecular weight is 584 g/mol. The summed E-state index contributed by atoms with van der Waals surface area (Å²) in [6, 6.07) is 15.2. The van der Waals surface area contributed by atoms with Gasteiger partial charge in [0.2, 0.25) is 11.6 Å². The van der Waals surface area contributed by atoms with Crippen molar-refractivity contribution in [2.45, 2.75) is 31.1 Å². The molecule has 210 valence electrons. The molecule has 4 rings (SSSR count). The first-order valence-electron chi connectivity index (χ1n) is 12.2. The molecule has 2 heterocycles. The van der Waals surface area contributed by atoms with E-state index in [1.54, 1.807) is 54.6 Å². The molecule has 1 unspecified atom stereocenters. The van der Waals surface area contributed by atoms with Gasteiger partial charge in [0.05, 0.1) is 18.6 Å². The molecule has 0 radical (unpaired) electrons. The number of rotatable bonds is 11. The highest BCUT2D eigenvalue weighted by atomic mass is 32.2. The molecular formula is C27H30N5O6PS. The third kappa shape index (κ3) is 7.01. The van der Waals surface area contributed by atoms with Crippen LogP contribution in [0, 0.1) is 0 Å². The number of nitrogens with one attached hydrogen (secondary N) is 1. The van der Waals surface area contributed by atoms with Crippen LogP contribution >= 0.6 is 9.47 Å². The van der Waals surface area contributed by atoms with Gasteiger partial charge in [-0.15, -0.1) is 0 Å². The van der Waals surface area contributed by atoms with Gasteiger partial charge in [-0.3, -0.25) is 4.72 Å². The first-order chi connectivity index (χ1) is 19.1. The number of nitrogens with zero attached hydrogens (tertiary/aromatic N) is 4. The second kappa shape index (κ2) is 12.5. The Kier molecular flexibility index (Phi) is 9.14. The summed E-state index contributed by atoms with van der Waals surface area (Å²) in [5, 5.41) is 0. The molecule has 0 aliphatic rings.